The van der Waals surface area contributed by atoms with E-state index < -0.39 is 15.6 Å². The molecule has 2 heterocycles. The van der Waals surface area contributed by atoms with Crippen molar-refractivity contribution in [2.75, 3.05) is 5.75 Å². The molecule has 0 N–H and O–H groups in total. The summed E-state index contributed by atoms with van der Waals surface area (Å²) in [5.41, 5.74) is 0.610. The lowest BCUT2D eigenvalue weighted by atomic mass is 9.92. The van der Waals surface area contributed by atoms with Gasteiger partial charge in [0.2, 0.25) is 9.84 Å². The molecule has 154 valence electrons. The number of para-hydroxylation sites is 1. The van der Waals surface area contributed by atoms with Crippen LogP contribution in [0.3, 0.4) is 0 Å². The Hall–Kier alpha value is -1.84. The van der Waals surface area contributed by atoms with E-state index in [2.05, 4.69) is 22.4 Å². The van der Waals surface area contributed by atoms with Crippen LogP contribution >= 0.6 is 0 Å². The summed E-state index contributed by atoms with van der Waals surface area (Å²) < 4.78 is 39.3. The van der Waals surface area contributed by atoms with Gasteiger partial charge in [0.15, 0.2) is 5.79 Å². The predicted octanol–water partition coefficient (Wildman–Crippen LogP) is 2.78. The Morgan fingerprint density at radius 1 is 1.18 bits per heavy atom. The minimum absolute atomic E-state index is 0.0303. The van der Waals surface area contributed by atoms with Gasteiger partial charge in [-0.15, -0.1) is 0 Å². The molecule has 28 heavy (non-hydrogen) atoms. The molecule has 3 rings (SSSR count). The Bertz CT molecular complexity index is 882. The first-order valence-electron chi connectivity index (χ1n) is 9.69. The van der Waals surface area contributed by atoms with Gasteiger partial charge in [0.05, 0.1) is 23.6 Å². The van der Waals surface area contributed by atoms with Crippen molar-refractivity contribution in [2.24, 2.45) is 5.92 Å². The average molecular weight is 409 g/mol. The van der Waals surface area contributed by atoms with Gasteiger partial charge in [-0.1, -0.05) is 43.6 Å². The van der Waals surface area contributed by atoms with Gasteiger partial charge in [-0.2, -0.15) is 4.68 Å². The molecule has 0 radical (unpaired) electrons. The zero-order chi connectivity index (χ0) is 20.4. The Kier molecular flexibility index (Phi) is 6.16. The minimum Gasteiger partial charge on any atom is -0.345 e. The number of hydrogen-bond donors (Lipinski definition) is 0. The highest BCUT2D eigenvalue weighted by Crippen LogP contribution is 2.36. The molecule has 8 nitrogen and oxygen atoms in total. The number of hydrogen-bond acceptors (Lipinski definition) is 7. The van der Waals surface area contributed by atoms with Crippen LogP contribution in [0, 0.1) is 5.92 Å². The van der Waals surface area contributed by atoms with Gasteiger partial charge in [0, 0.05) is 0 Å². The summed E-state index contributed by atoms with van der Waals surface area (Å²) >= 11 is 0. The number of aromatic nitrogens is 4. The average Bonchev–Trinajstić information content (AvgIpc) is 3.28. The van der Waals surface area contributed by atoms with Crippen molar-refractivity contribution in [3.8, 4) is 5.69 Å². The van der Waals surface area contributed by atoms with Gasteiger partial charge in [0.1, 0.15) is 0 Å². The van der Waals surface area contributed by atoms with Crippen molar-refractivity contribution in [1.29, 1.82) is 0 Å². The third kappa shape index (κ3) is 4.42. The molecule has 0 amide bonds. The van der Waals surface area contributed by atoms with Crippen LogP contribution in [0.1, 0.15) is 47.0 Å². The van der Waals surface area contributed by atoms with Gasteiger partial charge in [0.25, 0.3) is 5.16 Å². The second-order valence-corrected chi connectivity index (χ2v) is 9.53. The van der Waals surface area contributed by atoms with Crippen LogP contribution in [0.4, 0.5) is 0 Å². The minimum atomic E-state index is -3.65. The maximum absolute atomic E-state index is 13.0. The molecule has 1 aliphatic rings. The van der Waals surface area contributed by atoms with Crippen LogP contribution in [-0.2, 0) is 19.3 Å². The molecular formula is C19H28N4O4S. The van der Waals surface area contributed by atoms with E-state index in [1.165, 1.54) is 4.68 Å². The van der Waals surface area contributed by atoms with Gasteiger partial charge in [-0.3, -0.25) is 0 Å². The summed E-state index contributed by atoms with van der Waals surface area (Å²) in [6.07, 6.45) is 1.94. The fourth-order valence-electron chi connectivity index (χ4n) is 3.68. The Morgan fingerprint density at radius 3 is 2.54 bits per heavy atom. The van der Waals surface area contributed by atoms with Gasteiger partial charge in [-0.25, -0.2) is 8.42 Å². The lowest BCUT2D eigenvalue weighted by Gasteiger charge is -2.25. The predicted molar refractivity (Wildman–Crippen MR) is 104 cm³/mol. The van der Waals surface area contributed by atoms with E-state index in [0.717, 1.165) is 12.8 Å². The van der Waals surface area contributed by atoms with E-state index >= 15 is 0 Å². The molecule has 0 unspecified atom stereocenters. The number of tetrazole rings is 1. The molecule has 1 aromatic carbocycles. The maximum Gasteiger partial charge on any atom is 0.272 e. The quantitative estimate of drug-likeness (QED) is 0.662. The highest BCUT2D eigenvalue weighted by molar-refractivity contribution is 7.91. The molecule has 1 saturated heterocycles. The molecule has 1 fully saturated rings. The number of benzene rings is 1. The maximum atomic E-state index is 13.0. The number of rotatable bonds is 8. The molecule has 0 spiro atoms. The van der Waals surface area contributed by atoms with E-state index in [-0.39, 0.29) is 29.0 Å². The van der Waals surface area contributed by atoms with Gasteiger partial charge in [-0.05, 0) is 55.2 Å². The highest BCUT2D eigenvalue weighted by Gasteiger charge is 2.43. The van der Waals surface area contributed by atoms with Crippen LogP contribution in [0.2, 0.25) is 0 Å². The van der Waals surface area contributed by atoms with E-state index in [4.69, 9.17) is 9.47 Å². The molecule has 0 aliphatic carbocycles. The second-order valence-electron chi connectivity index (χ2n) is 7.53. The number of sulfone groups is 1. The molecule has 0 bridgehead atoms. The van der Waals surface area contributed by atoms with Crippen molar-refractivity contribution in [2.45, 2.75) is 70.1 Å². The molecule has 1 aliphatic heterocycles. The largest absolute Gasteiger partial charge is 0.345 e. The summed E-state index contributed by atoms with van der Waals surface area (Å²) in [5, 5.41) is 11.1. The van der Waals surface area contributed by atoms with E-state index in [1.54, 1.807) is 12.1 Å². The molecule has 0 saturated carbocycles. The molecule has 9 heteroatoms. The van der Waals surface area contributed by atoms with E-state index in [0.29, 0.717) is 12.1 Å². The third-order valence-corrected chi connectivity index (χ3v) is 6.67. The summed E-state index contributed by atoms with van der Waals surface area (Å²) in [5.74, 6) is -0.618. The summed E-state index contributed by atoms with van der Waals surface area (Å²) in [4.78, 5) is 0. The monoisotopic (exact) mass is 408 g/mol. The van der Waals surface area contributed by atoms with Crippen molar-refractivity contribution < 1.29 is 17.9 Å². The van der Waals surface area contributed by atoms with Crippen LogP contribution in [0.25, 0.3) is 5.69 Å². The normalized spacial score (nSPS) is 23.0. The van der Waals surface area contributed by atoms with E-state index in [9.17, 15) is 8.42 Å². The molecule has 3 atom stereocenters. The SMILES string of the molecule is CC[C@@H](CCS(=O)(=O)c1nnnn1-c1ccccc1)[C@@H]1OC(C)(C)O[C@H]1CC. The topological polar surface area (TPSA) is 96.2 Å². The molecule has 2 aromatic rings. The first kappa shape index (κ1) is 20.9. The first-order chi connectivity index (χ1) is 13.3. The van der Waals surface area contributed by atoms with Gasteiger partial charge < -0.3 is 9.47 Å². The molecule has 1 aromatic heterocycles. The Labute approximate surface area is 166 Å². The van der Waals surface area contributed by atoms with Gasteiger partial charge >= 0.3 is 0 Å². The van der Waals surface area contributed by atoms with E-state index in [1.807, 2.05) is 39.0 Å². The highest BCUT2D eigenvalue weighted by atomic mass is 32.2. The zero-order valence-electron chi connectivity index (χ0n) is 16.8. The third-order valence-electron chi connectivity index (χ3n) is 5.09. The second kappa shape index (κ2) is 8.26. The Balaban J connectivity index is 1.76. The summed E-state index contributed by atoms with van der Waals surface area (Å²) in [6.45, 7) is 7.90. The number of ether oxygens (including phenoxy) is 2. The van der Waals surface area contributed by atoms with Crippen LogP contribution in [-0.4, -0.2) is 52.4 Å². The summed E-state index contributed by atoms with van der Waals surface area (Å²) in [7, 11) is -3.65. The van der Waals surface area contributed by atoms with Crippen molar-refractivity contribution >= 4 is 9.84 Å². The van der Waals surface area contributed by atoms with Crippen LogP contribution in [0.5, 0.6) is 0 Å². The lowest BCUT2D eigenvalue weighted by molar-refractivity contribution is -0.150. The Morgan fingerprint density at radius 2 is 1.89 bits per heavy atom. The van der Waals surface area contributed by atoms with Crippen molar-refractivity contribution in [3.63, 3.8) is 0 Å². The standard InChI is InChI=1S/C19H28N4O4S/c1-5-14(17-16(6-2)26-19(3,4)27-17)12-13-28(24,25)18-20-21-22-23(18)15-10-8-7-9-11-15/h7-11,14,16-17H,5-6,12-13H2,1-4H3/t14-,16-,17-/m0/s1. The van der Waals surface area contributed by atoms with Crippen LogP contribution in [0.15, 0.2) is 35.5 Å². The van der Waals surface area contributed by atoms with Crippen LogP contribution < -0.4 is 0 Å². The first-order valence-corrected chi connectivity index (χ1v) is 11.3. The van der Waals surface area contributed by atoms with Crippen molar-refractivity contribution in [1.82, 2.24) is 20.2 Å². The lowest BCUT2D eigenvalue weighted by Crippen LogP contribution is -2.32. The zero-order valence-corrected chi connectivity index (χ0v) is 17.6. The van der Waals surface area contributed by atoms with Crippen molar-refractivity contribution in [3.05, 3.63) is 30.3 Å². The fraction of sp³-hybridized carbons (Fsp3) is 0.632. The number of nitrogens with zero attached hydrogens (tertiary/aromatic N) is 4. The summed E-state index contributed by atoms with van der Waals surface area (Å²) in [6, 6.07) is 9.00. The molecular weight excluding hydrogens is 380 g/mol. The fourth-order valence-corrected chi connectivity index (χ4v) is 5.04. The smallest absolute Gasteiger partial charge is 0.272 e.